The molecule has 0 fully saturated rings. The van der Waals surface area contributed by atoms with Gasteiger partial charge in [-0.05, 0) is 31.1 Å². The Kier molecular flexibility index (Phi) is 7.40. The van der Waals surface area contributed by atoms with E-state index in [9.17, 15) is 4.79 Å². The number of ether oxygens (including phenoxy) is 1. The van der Waals surface area contributed by atoms with Gasteiger partial charge in [-0.25, -0.2) is 4.79 Å². The van der Waals surface area contributed by atoms with Gasteiger partial charge in [-0.2, -0.15) is 0 Å². The zero-order chi connectivity index (χ0) is 18.2. The molecule has 0 unspecified atom stereocenters. The van der Waals surface area contributed by atoms with Gasteiger partial charge in [-0.15, -0.1) is 11.3 Å². The summed E-state index contributed by atoms with van der Waals surface area (Å²) in [4.78, 5) is 13.4. The van der Waals surface area contributed by atoms with Crippen molar-refractivity contribution in [3.05, 3.63) is 40.8 Å². The normalized spacial score (nSPS) is 10.4. The largest absolute Gasteiger partial charge is 0.465 e. The van der Waals surface area contributed by atoms with Crippen LogP contribution >= 0.6 is 23.6 Å². The standard InChI is InChI=1S/C19H24N2O2S2/c1-4-5-9-12-20-19(24)21-17-16(18(22)23-3)15(13(2)25-17)14-10-7-6-8-11-14/h6-8,10-11H,4-5,9,12H2,1-3H3,(H2,20,21,24). The first-order chi connectivity index (χ1) is 12.1. The number of hydrogen-bond donors (Lipinski definition) is 2. The van der Waals surface area contributed by atoms with Crippen LogP contribution in [0.4, 0.5) is 5.00 Å². The van der Waals surface area contributed by atoms with E-state index in [-0.39, 0.29) is 5.97 Å². The fraction of sp³-hybridized carbons (Fsp3) is 0.368. The number of rotatable bonds is 7. The van der Waals surface area contributed by atoms with Gasteiger partial charge in [0, 0.05) is 17.0 Å². The summed E-state index contributed by atoms with van der Waals surface area (Å²) in [5, 5.41) is 7.61. The van der Waals surface area contributed by atoms with E-state index >= 15 is 0 Å². The summed E-state index contributed by atoms with van der Waals surface area (Å²) in [6.07, 6.45) is 3.40. The highest BCUT2D eigenvalue weighted by molar-refractivity contribution is 7.80. The predicted octanol–water partition coefficient (Wildman–Crippen LogP) is 4.99. The molecule has 0 aliphatic rings. The number of thiophene rings is 1. The molecule has 134 valence electrons. The summed E-state index contributed by atoms with van der Waals surface area (Å²) in [5.41, 5.74) is 2.43. The number of carbonyl (C=O) groups excluding carboxylic acids is 1. The minimum Gasteiger partial charge on any atom is -0.465 e. The number of anilines is 1. The van der Waals surface area contributed by atoms with Crippen molar-refractivity contribution in [2.75, 3.05) is 19.0 Å². The van der Waals surface area contributed by atoms with Crippen LogP contribution in [0.2, 0.25) is 0 Å². The summed E-state index contributed by atoms with van der Waals surface area (Å²) in [5.74, 6) is -0.362. The highest BCUT2D eigenvalue weighted by Gasteiger charge is 2.24. The van der Waals surface area contributed by atoms with Crippen molar-refractivity contribution in [2.45, 2.75) is 33.1 Å². The lowest BCUT2D eigenvalue weighted by molar-refractivity contribution is 0.0603. The molecular formula is C19H24N2O2S2. The Hall–Kier alpha value is -1.92. The first-order valence-corrected chi connectivity index (χ1v) is 9.62. The third-order valence-electron chi connectivity index (χ3n) is 3.83. The Labute approximate surface area is 158 Å². The minimum absolute atomic E-state index is 0.362. The first kappa shape index (κ1) is 19.4. The molecule has 25 heavy (non-hydrogen) atoms. The number of nitrogens with one attached hydrogen (secondary N) is 2. The maximum absolute atomic E-state index is 12.4. The van der Waals surface area contributed by atoms with E-state index in [4.69, 9.17) is 17.0 Å². The molecule has 0 amide bonds. The van der Waals surface area contributed by atoms with Crippen LogP contribution in [0.1, 0.15) is 41.4 Å². The summed E-state index contributed by atoms with van der Waals surface area (Å²) in [6, 6.07) is 9.86. The predicted molar refractivity (Wildman–Crippen MR) is 110 cm³/mol. The van der Waals surface area contributed by atoms with Crippen molar-refractivity contribution in [3.8, 4) is 11.1 Å². The van der Waals surface area contributed by atoms with Crippen LogP contribution in [0.3, 0.4) is 0 Å². The van der Waals surface area contributed by atoms with Gasteiger partial charge in [-0.3, -0.25) is 0 Å². The Morgan fingerprint density at radius 3 is 2.60 bits per heavy atom. The fourth-order valence-corrected chi connectivity index (χ4v) is 3.94. The van der Waals surface area contributed by atoms with Gasteiger partial charge < -0.3 is 15.4 Å². The molecule has 2 aromatic rings. The van der Waals surface area contributed by atoms with E-state index in [1.807, 2.05) is 37.3 Å². The van der Waals surface area contributed by atoms with Gasteiger partial charge in [0.2, 0.25) is 0 Å². The van der Waals surface area contributed by atoms with Crippen LogP contribution in [0, 0.1) is 6.92 Å². The first-order valence-electron chi connectivity index (χ1n) is 8.40. The van der Waals surface area contributed by atoms with Crippen LogP contribution in [0.15, 0.2) is 30.3 Å². The second-order valence-corrected chi connectivity index (χ2v) is 7.32. The molecule has 0 bridgehead atoms. The van der Waals surface area contributed by atoms with Crippen molar-refractivity contribution in [3.63, 3.8) is 0 Å². The number of aryl methyl sites for hydroxylation is 1. The molecule has 0 saturated carbocycles. The fourth-order valence-electron chi connectivity index (χ4n) is 2.61. The number of hydrogen-bond acceptors (Lipinski definition) is 4. The third kappa shape index (κ3) is 5.03. The zero-order valence-corrected chi connectivity index (χ0v) is 16.5. The molecule has 6 heteroatoms. The van der Waals surface area contributed by atoms with Crippen molar-refractivity contribution < 1.29 is 9.53 Å². The SMILES string of the molecule is CCCCCNC(=S)Nc1sc(C)c(-c2ccccc2)c1C(=O)OC. The smallest absolute Gasteiger partial charge is 0.341 e. The van der Waals surface area contributed by atoms with E-state index in [1.54, 1.807) is 0 Å². The average Bonchev–Trinajstić information content (AvgIpc) is 2.94. The summed E-state index contributed by atoms with van der Waals surface area (Å²) in [7, 11) is 1.40. The maximum atomic E-state index is 12.4. The zero-order valence-electron chi connectivity index (χ0n) is 14.8. The quantitative estimate of drug-likeness (QED) is 0.405. The van der Waals surface area contributed by atoms with Crippen LogP contribution in [0.5, 0.6) is 0 Å². The lowest BCUT2D eigenvalue weighted by Crippen LogP contribution is -2.29. The van der Waals surface area contributed by atoms with Gasteiger partial charge in [0.15, 0.2) is 5.11 Å². The topological polar surface area (TPSA) is 50.4 Å². The molecule has 0 aliphatic carbocycles. The second-order valence-electron chi connectivity index (χ2n) is 5.68. The Balaban J connectivity index is 2.26. The van der Waals surface area contributed by atoms with Crippen LogP contribution in [-0.4, -0.2) is 24.7 Å². The number of esters is 1. The second kappa shape index (κ2) is 9.53. The summed E-state index contributed by atoms with van der Waals surface area (Å²) in [6.45, 7) is 4.99. The Morgan fingerprint density at radius 2 is 1.96 bits per heavy atom. The molecular weight excluding hydrogens is 352 g/mol. The number of methoxy groups -OCH3 is 1. The summed E-state index contributed by atoms with van der Waals surface area (Å²) < 4.78 is 5.01. The van der Waals surface area contributed by atoms with E-state index in [0.717, 1.165) is 34.0 Å². The van der Waals surface area contributed by atoms with E-state index in [2.05, 4.69) is 17.6 Å². The van der Waals surface area contributed by atoms with E-state index in [0.29, 0.717) is 10.7 Å². The minimum atomic E-state index is -0.362. The molecule has 0 saturated heterocycles. The van der Waals surface area contributed by atoms with Crippen LogP contribution < -0.4 is 10.6 Å². The van der Waals surface area contributed by atoms with Crippen LogP contribution in [0.25, 0.3) is 11.1 Å². The van der Waals surface area contributed by atoms with E-state index < -0.39 is 0 Å². The van der Waals surface area contributed by atoms with Gasteiger partial charge >= 0.3 is 5.97 Å². The molecule has 1 heterocycles. The number of unbranched alkanes of at least 4 members (excludes halogenated alkanes) is 2. The Bertz CT molecular complexity index is 727. The molecule has 0 atom stereocenters. The molecule has 4 nitrogen and oxygen atoms in total. The molecule has 0 spiro atoms. The maximum Gasteiger partial charge on any atom is 0.341 e. The van der Waals surface area contributed by atoms with E-state index in [1.165, 1.54) is 31.3 Å². The van der Waals surface area contributed by atoms with Gasteiger partial charge in [0.1, 0.15) is 10.6 Å². The van der Waals surface area contributed by atoms with Gasteiger partial charge in [-0.1, -0.05) is 50.1 Å². The van der Waals surface area contributed by atoms with Crippen molar-refractivity contribution in [1.82, 2.24) is 5.32 Å². The molecule has 0 aliphatic heterocycles. The highest BCUT2D eigenvalue weighted by Crippen LogP contribution is 2.40. The van der Waals surface area contributed by atoms with Crippen molar-refractivity contribution in [2.24, 2.45) is 0 Å². The molecule has 2 rings (SSSR count). The molecule has 1 aromatic heterocycles. The molecule has 1 aromatic carbocycles. The lowest BCUT2D eigenvalue weighted by Gasteiger charge is -2.11. The van der Waals surface area contributed by atoms with Gasteiger partial charge in [0.25, 0.3) is 0 Å². The average molecular weight is 377 g/mol. The van der Waals surface area contributed by atoms with Crippen molar-refractivity contribution >= 4 is 39.6 Å². The Morgan fingerprint density at radius 1 is 1.24 bits per heavy atom. The van der Waals surface area contributed by atoms with Crippen molar-refractivity contribution in [1.29, 1.82) is 0 Å². The monoisotopic (exact) mass is 376 g/mol. The number of carbonyl (C=O) groups is 1. The number of benzene rings is 1. The lowest BCUT2D eigenvalue weighted by atomic mass is 10.0. The summed E-state index contributed by atoms with van der Waals surface area (Å²) >= 11 is 6.88. The van der Waals surface area contributed by atoms with Gasteiger partial charge in [0.05, 0.1) is 7.11 Å². The third-order valence-corrected chi connectivity index (χ3v) is 5.10. The molecule has 2 N–H and O–H groups in total. The van der Waals surface area contributed by atoms with Crippen LogP contribution in [-0.2, 0) is 4.74 Å². The molecule has 0 radical (unpaired) electrons. The highest BCUT2D eigenvalue weighted by atomic mass is 32.1. The number of thiocarbonyl (C=S) groups is 1.